The lowest BCUT2D eigenvalue weighted by atomic mass is 10.1. The molecule has 2 rings (SSSR count). The molecular formula is C13H12F3NO2. The van der Waals surface area contributed by atoms with Crippen molar-refractivity contribution in [3.63, 3.8) is 0 Å². The lowest BCUT2D eigenvalue weighted by Crippen LogP contribution is -2.26. The summed E-state index contributed by atoms with van der Waals surface area (Å²) in [6, 6.07) is 4.83. The minimum absolute atomic E-state index is 0.0772. The second-order valence-electron chi connectivity index (χ2n) is 4.48. The van der Waals surface area contributed by atoms with Gasteiger partial charge in [-0.1, -0.05) is 0 Å². The Hall–Kier alpha value is -1.74. The van der Waals surface area contributed by atoms with Gasteiger partial charge in [0.1, 0.15) is 11.9 Å². The van der Waals surface area contributed by atoms with Crippen molar-refractivity contribution in [3.8, 4) is 11.8 Å². The molecule has 102 valence electrons. The highest BCUT2D eigenvalue weighted by molar-refractivity contribution is 5.43. The van der Waals surface area contributed by atoms with E-state index in [1.54, 1.807) is 6.07 Å². The van der Waals surface area contributed by atoms with Crippen LogP contribution in [0.2, 0.25) is 0 Å². The SMILES string of the molecule is N#Cc1ccc(O[C@@H]2CCC[C@H]2O)c(C(F)(F)F)c1. The minimum Gasteiger partial charge on any atom is -0.487 e. The van der Waals surface area contributed by atoms with Crippen LogP contribution in [0, 0.1) is 11.3 Å². The second-order valence-corrected chi connectivity index (χ2v) is 4.48. The zero-order chi connectivity index (χ0) is 14.0. The molecule has 0 radical (unpaired) electrons. The average Bonchev–Trinajstić information content (AvgIpc) is 2.74. The number of ether oxygens (including phenoxy) is 1. The number of hydrogen-bond acceptors (Lipinski definition) is 3. The molecule has 0 aliphatic heterocycles. The van der Waals surface area contributed by atoms with Gasteiger partial charge < -0.3 is 9.84 Å². The van der Waals surface area contributed by atoms with Crippen LogP contribution in [0.3, 0.4) is 0 Å². The van der Waals surface area contributed by atoms with E-state index in [1.165, 1.54) is 6.07 Å². The topological polar surface area (TPSA) is 53.2 Å². The molecule has 0 saturated heterocycles. The van der Waals surface area contributed by atoms with Crippen molar-refractivity contribution >= 4 is 0 Å². The van der Waals surface area contributed by atoms with Gasteiger partial charge in [-0.25, -0.2) is 0 Å². The van der Waals surface area contributed by atoms with Gasteiger partial charge in [0.15, 0.2) is 0 Å². The molecule has 1 aliphatic rings. The summed E-state index contributed by atoms with van der Waals surface area (Å²) < 4.78 is 43.9. The van der Waals surface area contributed by atoms with Crippen LogP contribution >= 0.6 is 0 Å². The Morgan fingerprint density at radius 3 is 2.58 bits per heavy atom. The number of aliphatic hydroxyl groups excluding tert-OH is 1. The maximum atomic E-state index is 12.9. The highest BCUT2D eigenvalue weighted by atomic mass is 19.4. The van der Waals surface area contributed by atoms with E-state index >= 15 is 0 Å². The molecule has 0 spiro atoms. The van der Waals surface area contributed by atoms with E-state index in [9.17, 15) is 18.3 Å². The number of nitriles is 1. The monoisotopic (exact) mass is 271 g/mol. The largest absolute Gasteiger partial charge is 0.487 e. The Morgan fingerprint density at radius 2 is 2.05 bits per heavy atom. The molecular weight excluding hydrogens is 259 g/mol. The van der Waals surface area contributed by atoms with Crippen molar-refractivity contribution in [3.05, 3.63) is 29.3 Å². The fourth-order valence-corrected chi connectivity index (χ4v) is 2.13. The Bertz CT molecular complexity index is 508. The fourth-order valence-electron chi connectivity index (χ4n) is 2.13. The maximum absolute atomic E-state index is 12.9. The Kier molecular flexibility index (Phi) is 3.67. The highest BCUT2D eigenvalue weighted by Gasteiger charge is 2.36. The molecule has 3 nitrogen and oxygen atoms in total. The Balaban J connectivity index is 2.32. The molecule has 0 amide bonds. The third kappa shape index (κ3) is 2.99. The number of hydrogen-bond donors (Lipinski definition) is 1. The zero-order valence-electron chi connectivity index (χ0n) is 9.94. The van der Waals surface area contributed by atoms with Gasteiger partial charge in [-0.2, -0.15) is 18.4 Å². The van der Waals surface area contributed by atoms with Gasteiger partial charge in [0.25, 0.3) is 0 Å². The van der Waals surface area contributed by atoms with Crippen LogP contribution in [0.5, 0.6) is 5.75 Å². The van der Waals surface area contributed by atoms with Gasteiger partial charge in [-0.15, -0.1) is 0 Å². The molecule has 0 unspecified atom stereocenters. The molecule has 19 heavy (non-hydrogen) atoms. The van der Waals surface area contributed by atoms with Crippen molar-refractivity contribution in [1.82, 2.24) is 0 Å². The first-order valence-corrected chi connectivity index (χ1v) is 5.88. The molecule has 1 fully saturated rings. The number of benzene rings is 1. The number of aliphatic hydroxyl groups is 1. The zero-order valence-corrected chi connectivity index (χ0v) is 9.94. The third-order valence-corrected chi connectivity index (χ3v) is 3.11. The summed E-state index contributed by atoms with van der Waals surface area (Å²) in [4.78, 5) is 0. The normalized spacial score (nSPS) is 23.1. The molecule has 0 aromatic heterocycles. The number of rotatable bonds is 2. The first kappa shape index (κ1) is 13.7. The molecule has 0 heterocycles. The van der Waals surface area contributed by atoms with Crippen molar-refractivity contribution < 1.29 is 23.0 Å². The predicted molar refractivity (Wildman–Crippen MR) is 60.4 cm³/mol. The van der Waals surface area contributed by atoms with E-state index in [-0.39, 0.29) is 11.3 Å². The van der Waals surface area contributed by atoms with Crippen LogP contribution in [-0.2, 0) is 6.18 Å². The van der Waals surface area contributed by atoms with E-state index in [2.05, 4.69) is 0 Å². The van der Waals surface area contributed by atoms with Crippen LogP contribution in [0.1, 0.15) is 30.4 Å². The van der Waals surface area contributed by atoms with Crippen molar-refractivity contribution in [2.75, 3.05) is 0 Å². The van der Waals surface area contributed by atoms with Gasteiger partial charge >= 0.3 is 6.18 Å². The van der Waals surface area contributed by atoms with Crippen molar-refractivity contribution in [1.29, 1.82) is 5.26 Å². The quantitative estimate of drug-likeness (QED) is 0.899. The molecule has 1 aliphatic carbocycles. The molecule has 1 saturated carbocycles. The molecule has 1 N–H and O–H groups in total. The van der Waals surface area contributed by atoms with E-state index in [0.717, 1.165) is 18.6 Å². The number of halogens is 3. The van der Waals surface area contributed by atoms with Crippen LogP contribution in [0.15, 0.2) is 18.2 Å². The molecule has 6 heteroatoms. The predicted octanol–water partition coefficient (Wildman–Crippen LogP) is 2.87. The van der Waals surface area contributed by atoms with Gasteiger partial charge in [-0.05, 0) is 37.5 Å². The highest BCUT2D eigenvalue weighted by Crippen LogP contribution is 2.38. The third-order valence-electron chi connectivity index (χ3n) is 3.11. The lowest BCUT2D eigenvalue weighted by Gasteiger charge is -2.20. The smallest absolute Gasteiger partial charge is 0.420 e. The van der Waals surface area contributed by atoms with E-state index < -0.39 is 23.9 Å². The summed E-state index contributed by atoms with van der Waals surface area (Å²) in [5.41, 5.74) is -1.06. The summed E-state index contributed by atoms with van der Waals surface area (Å²) in [5, 5.41) is 18.2. The molecule has 1 aromatic rings. The van der Waals surface area contributed by atoms with E-state index in [4.69, 9.17) is 10.00 Å². The molecule has 1 aromatic carbocycles. The summed E-state index contributed by atoms with van der Waals surface area (Å²) in [5.74, 6) is -0.336. The van der Waals surface area contributed by atoms with Crippen molar-refractivity contribution in [2.45, 2.75) is 37.6 Å². The Labute approximate surface area is 108 Å². The van der Waals surface area contributed by atoms with Gasteiger partial charge in [0.2, 0.25) is 0 Å². The number of nitrogens with zero attached hydrogens (tertiary/aromatic N) is 1. The fraction of sp³-hybridized carbons (Fsp3) is 0.462. The van der Waals surface area contributed by atoms with Gasteiger partial charge in [-0.3, -0.25) is 0 Å². The van der Waals surface area contributed by atoms with E-state index in [1.807, 2.05) is 0 Å². The Morgan fingerprint density at radius 1 is 1.32 bits per heavy atom. The van der Waals surface area contributed by atoms with Crippen LogP contribution in [0.4, 0.5) is 13.2 Å². The molecule has 2 atom stereocenters. The van der Waals surface area contributed by atoms with Crippen LogP contribution in [0.25, 0.3) is 0 Å². The van der Waals surface area contributed by atoms with Gasteiger partial charge in [0, 0.05) is 0 Å². The summed E-state index contributed by atoms with van der Waals surface area (Å²) in [7, 11) is 0. The second kappa shape index (κ2) is 5.10. The molecule has 0 bridgehead atoms. The van der Waals surface area contributed by atoms with E-state index in [0.29, 0.717) is 12.8 Å². The summed E-state index contributed by atoms with van der Waals surface area (Å²) >= 11 is 0. The summed E-state index contributed by atoms with van der Waals surface area (Å²) in [6.07, 6.45) is -4.17. The maximum Gasteiger partial charge on any atom is 0.420 e. The lowest BCUT2D eigenvalue weighted by molar-refractivity contribution is -0.139. The minimum atomic E-state index is -4.59. The van der Waals surface area contributed by atoms with Gasteiger partial charge in [0.05, 0.1) is 23.3 Å². The number of alkyl halides is 3. The first-order chi connectivity index (χ1) is 8.91. The van der Waals surface area contributed by atoms with Crippen LogP contribution < -0.4 is 4.74 Å². The van der Waals surface area contributed by atoms with Crippen molar-refractivity contribution in [2.24, 2.45) is 0 Å². The first-order valence-electron chi connectivity index (χ1n) is 5.88. The average molecular weight is 271 g/mol. The van der Waals surface area contributed by atoms with Crippen LogP contribution in [-0.4, -0.2) is 17.3 Å². The standard InChI is InChI=1S/C13H12F3NO2/c14-13(15,16)9-6-8(7-17)4-5-11(9)19-12-3-1-2-10(12)18/h4-6,10,12,18H,1-3H2/t10-,12-/m1/s1. The summed E-state index contributed by atoms with van der Waals surface area (Å²) in [6.45, 7) is 0.